The minimum atomic E-state index is -0.578. The maximum absolute atomic E-state index is 10.0. The fourth-order valence-electron chi connectivity index (χ4n) is 1.72. The standard InChI is InChI=1S/C12H15N3O/c1-15-8-9(7-14-15)6-12(16)10-4-2-3-5-11(10)13/h2-5,7-8,12,16H,6,13H2,1H3. The van der Waals surface area contributed by atoms with Gasteiger partial charge in [-0.1, -0.05) is 18.2 Å². The van der Waals surface area contributed by atoms with Crippen molar-refractivity contribution in [2.24, 2.45) is 7.05 Å². The van der Waals surface area contributed by atoms with Gasteiger partial charge in [-0.05, 0) is 11.6 Å². The van der Waals surface area contributed by atoms with Gasteiger partial charge in [0.05, 0.1) is 12.3 Å². The van der Waals surface area contributed by atoms with Gasteiger partial charge in [0, 0.05) is 30.9 Å². The number of aryl methyl sites for hydroxylation is 1. The number of nitrogens with zero attached hydrogens (tertiary/aromatic N) is 2. The van der Waals surface area contributed by atoms with Crippen LogP contribution in [0.2, 0.25) is 0 Å². The molecule has 0 fully saturated rings. The highest BCUT2D eigenvalue weighted by Crippen LogP contribution is 2.22. The molecule has 0 spiro atoms. The lowest BCUT2D eigenvalue weighted by Crippen LogP contribution is -2.04. The number of rotatable bonds is 3. The Morgan fingerprint density at radius 2 is 2.19 bits per heavy atom. The lowest BCUT2D eigenvalue weighted by atomic mass is 10.0. The van der Waals surface area contributed by atoms with E-state index in [-0.39, 0.29) is 0 Å². The number of para-hydroxylation sites is 1. The number of benzene rings is 1. The zero-order chi connectivity index (χ0) is 11.5. The zero-order valence-electron chi connectivity index (χ0n) is 9.17. The van der Waals surface area contributed by atoms with E-state index in [1.807, 2.05) is 31.4 Å². The van der Waals surface area contributed by atoms with Crippen molar-refractivity contribution in [2.45, 2.75) is 12.5 Å². The van der Waals surface area contributed by atoms with E-state index >= 15 is 0 Å². The van der Waals surface area contributed by atoms with Crippen LogP contribution in [0, 0.1) is 0 Å². The van der Waals surface area contributed by atoms with E-state index in [9.17, 15) is 5.11 Å². The van der Waals surface area contributed by atoms with Crippen LogP contribution in [0.25, 0.3) is 0 Å². The Hall–Kier alpha value is -1.81. The van der Waals surface area contributed by atoms with Crippen LogP contribution in [-0.4, -0.2) is 14.9 Å². The number of aliphatic hydroxyl groups is 1. The Morgan fingerprint density at radius 1 is 1.44 bits per heavy atom. The van der Waals surface area contributed by atoms with Crippen molar-refractivity contribution < 1.29 is 5.11 Å². The summed E-state index contributed by atoms with van der Waals surface area (Å²) in [5, 5.41) is 14.1. The second kappa shape index (κ2) is 4.37. The number of nitrogens with two attached hydrogens (primary N) is 1. The summed E-state index contributed by atoms with van der Waals surface area (Å²) >= 11 is 0. The Bertz CT molecular complexity index is 479. The molecule has 1 heterocycles. The fourth-order valence-corrected chi connectivity index (χ4v) is 1.72. The van der Waals surface area contributed by atoms with Crippen LogP contribution >= 0.6 is 0 Å². The molecule has 4 nitrogen and oxygen atoms in total. The molecule has 1 aromatic carbocycles. The minimum absolute atomic E-state index is 0.530. The van der Waals surface area contributed by atoms with Crippen LogP contribution in [-0.2, 0) is 13.5 Å². The first-order valence-corrected chi connectivity index (χ1v) is 5.17. The Morgan fingerprint density at radius 3 is 2.81 bits per heavy atom. The van der Waals surface area contributed by atoms with Crippen LogP contribution in [0.15, 0.2) is 36.7 Å². The largest absolute Gasteiger partial charge is 0.398 e. The molecule has 0 aliphatic rings. The van der Waals surface area contributed by atoms with Crippen LogP contribution < -0.4 is 5.73 Å². The van der Waals surface area contributed by atoms with Crippen molar-refractivity contribution in [1.82, 2.24) is 9.78 Å². The number of nitrogen functional groups attached to an aromatic ring is 1. The van der Waals surface area contributed by atoms with Crippen molar-refractivity contribution in [3.8, 4) is 0 Å². The quantitative estimate of drug-likeness (QED) is 0.761. The fraction of sp³-hybridized carbons (Fsp3) is 0.250. The maximum Gasteiger partial charge on any atom is 0.0851 e. The topological polar surface area (TPSA) is 64.1 Å². The summed E-state index contributed by atoms with van der Waals surface area (Å²) in [6.07, 6.45) is 3.60. The van der Waals surface area contributed by atoms with Gasteiger partial charge in [0.2, 0.25) is 0 Å². The SMILES string of the molecule is Cn1cc(CC(O)c2ccccc2N)cn1. The Kier molecular flexibility index (Phi) is 2.92. The lowest BCUT2D eigenvalue weighted by molar-refractivity contribution is 0.179. The molecule has 0 radical (unpaired) electrons. The molecule has 2 rings (SSSR count). The first-order valence-electron chi connectivity index (χ1n) is 5.17. The van der Waals surface area contributed by atoms with E-state index in [1.165, 1.54) is 0 Å². The molecule has 2 aromatic rings. The molecule has 16 heavy (non-hydrogen) atoms. The smallest absolute Gasteiger partial charge is 0.0851 e. The highest BCUT2D eigenvalue weighted by Gasteiger charge is 2.11. The van der Waals surface area contributed by atoms with Gasteiger partial charge in [0.1, 0.15) is 0 Å². The Labute approximate surface area is 94.3 Å². The normalized spacial score (nSPS) is 12.6. The van der Waals surface area contributed by atoms with Crippen LogP contribution in [0.4, 0.5) is 5.69 Å². The van der Waals surface area contributed by atoms with E-state index < -0.39 is 6.10 Å². The van der Waals surface area contributed by atoms with E-state index in [0.717, 1.165) is 11.1 Å². The van der Waals surface area contributed by atoms with E-state index in [0.29, 0.717) is 12.1 Å². The van der Waals surface area contributed by atoms with Gasteiger partial charge >= 0.3 is 0 Å². The van der Waals surface area contributed by atoms with Crippen molar-refractivity contribution in [3.63, 3.8) is 0 Å². The summed E-state index contributed by atoms with van der Waals surface area (Å²) in [5.41, 5.74) is 8.19. The Balaban J connectivity index is 2.14. The van der Waals surface area contributed by atoms with E-state index in [2.05, 4.69) is 5.10 Å². The lowest BCUT2D eigenvalue weighted by Gasteiger charge is -2.11. The van der Waals surface area contributed by atoms with E-state index in [1.54, 1.807) is 16.9 Å². The highest BCUT2D eigenvalue weighted by atomic mass is 16.3. The summed E-state index contributed by atoms with van der Waals surface area (Å²) in [7, 11) is 1.85. The summed E-state index contributed by atoms with van der Waals surface area (Å²) in [5.74, 6) is 0. The van der Waals surface area contributed by atoms with Crippen LogP contribution in [0.3, 0.4) is 0 Å². The van der Waals surface area contributed by atoms with Gasteiger partial charge in [-0.2, -0.15) is 5.10 Å². The van der Waals surface area contributed by atoms with E-state index in [4.69, 9.17) is 5.73 Å². The molecular formula is C12H15N3O. The number of hydrogen-bond donors (Lipinski definition) is 2. The molecule has 3 N–H and O–H groups in total. The van der Waals surface area contributed by atoms with Gasteiger partial charge in [-0.25, -0.2) is 0 Å². The van der Waals surface area contributed by atoms with Crippen LogP contribution in [0.1, 0.15) is 17.2 Å². The monoisotopic (exact) mass is 217 g/mol. The molecule has 84 valence electrons. The minimum Gasteiger partial charge on any atom is -0.398 e. The molecule has 1 atom stereocenters. The first kappa shape index (κ1) is 10.7. The summed E-state index contributed by atoms with van der Waals surface area (Å²) in [6, 6.07) is 7.37. The summed E-state index contributed by atoms with van der Waals surface area (Å²) in [4.78, 5) is 0. The third-order valence-corrected chi connectivity index (χ3v) is 2.54. The average Bonchev–Trinajstić information content (AvgIpc) is 2.64. The van der Waals surface area contributed by atoms with Crippen molar-refractivity contribution in [1.29, 1.82) is 0 Å². The molecule has 1 aromatic heterocycles. The van der Waals surface area contributed by atoms with Gasteiger partial charge in [-0.15, -0.1) is 0 Å². The predicted molar refractivity (Wildman–Crippen MR) is 62.7 cm³/mol. The maximum atomic E-state index is 10.0. The average molecular weight is 217 g/mol. The van der Waals surface area contributed by atoms with Gasteiger partial charge in [0.15, 0.2) is 0 Å². The molecule has 1 unspecified atom stereocenters. The summed E-state index contributed by atoms with van der Waals surface area (Å²) < 4.78 is 1.72. The molecule has 0 saturated carbocycles. The highest BCUT2D eigenvalue weighted by molar-refractivity contribution is 5.47. The number of anilines is 1. The predicted octanol–water partition coefficient (Wildman–Crippen LogP) is 1.28. The third kappa shape index (κ3) is 2.23. The number of aromatic nitrogens is 2. The van der Waals surface area contributed by atoms with Gasteiger partial charge in [0.25, 0.3) is 0 Å². The van der Waals surface area contributed by atoms with Crippen molar-refractivity contribution >= 4 is 5.69 Å². The molecule has 0 aliphatic carbocycles. The zero-order valence-corrected chi connectivity index (χ0v) is 9.17. The first-order chi connectivity index (χ1) is 7.66. The summed E-state index contributed by atoms with van der Waals surface area (Å²) in [6.45, 7) is 0. The van der Waals surface area contributed by atoms with Gasteiger partial charge in [-0.3, -0.25) is 4.68 Å². The molecule has 0 saturated heterocycles. The number of aliphatic hydroxyl groups excluding tert-OH is 1. The van der Waals surface area contributed by atoms with Crippen molar-refractivity contribution in [2.75, 3.05) is 5.73 Å². The second-order valence-electron chi connectivity index (χ2n) is 3.87. The second-order valence-corrected chi connectivity index (χ2v) is 3.87. The van der Waals surface area contributed by atoms with Crippen molar-refractivity contribution in [3.05, 3.63) is 47.8 Å². The molecule has 0 amide bonds. The molecular weight excluding hydrogens is 202 g/mol. The third-order valence-electron chi connectivity index (χ3n) is 2.54. The van der Waals surface area contributed by atoms with Crippen LogP contribution in [0.5, 0.6) is 0 Å². The molecule has 0 bridgehead atoms. The molecule has 4 heteroatoms. The number of hydrogen-bond acceptors (Lipinski definition) is 3. The molecule has 0 aliphatic heterocycles. The van der Waals surface area contributed by atoms with Gasteiger partial charge < -0.3 is 10.8 Å².